The van der Waals surface area contributed by atoms with Crippen LogP contribution in [-0.4, -0.2) is 21.9 Å². The summed E-state index contributed by atoms with van der Waals surface area (Å²) < 4.78 is 0. The molecule has 4 heteroatoms. The lowest BCUT2D eigenvalue weighted by molar-refractivity contribution is -0.152. The molecule has 1 amide bonds. The molecule has 1 fully saturated rings. The predicted octanol–water partition coefficient (Wildman–Crippen LogP) is 3.25. The summed E-state index contributed by atoms with van der Waals surface area (Å²) in [6.45, 7) is 0.434. The Hall–Kier alpha value is -2.62. The van der Waals surface area contributed by atoms with Crippen LogP contribution < -0.4 is 0 Å². The number of nitrogens with zero attached hydrogens (tertiary/aromatic N) is 1. The fourth-order valence-electron chi connectivity index (χ4n) is 3.24. The Morgan fingerprint density at radius 2 is 1.65 bits per heavy atom. The summed E-state index contributed by atoms with van der Waals surface area (Å²) >= 11 is 0. The number of aliphatic carboxylic acids is 1. The van der Waals surface area contributed by atoms with Crippen LogP contribution in [-0.2, 0) is 16.1 Å². The third-order valence-electron chi connectivity index (χ3n) is 4.36. The van der Waals surface area contributed by atoms with Crippen LogP contribution in [0.2, 0.25) is 0 Å². The highest BCUT2D eigenvalue weighted by Gasteiger charge is 2.40. The molecule has 1 saturated heterocycles. The number of piperidine rings is 1. The lowest BCUT2D eigenvalue weighted by Gasteiger charge is -2.40. The van der Waals surface area contributed by atoms with Gasteiger partial charge in [0.05, 0.1) is 12.0 Å². The van der Waals surface area contributed by atoms with Gasteiger partial charge < -0.3 is 10.0 Å². The van der Waals surface area contributed by atoms with Gasteiger partial charge in [0, 0.05) is 13.0 Å². The number of benzene rings is 2. The molecule has 0 aliphatic carbocycles. The summed E-state index contributed by atoms with van der Waals surface area (Å²) in [4.78, 5) is 25.9. The van der Waals surface area contributed by atoms with Gasteiger partial charge in [0.2, 0.25) is 5.91 Å². The average Bonchev–Trinajstić information content (AvgIpc) is 2.58. The van der Waals surface area contributed by atoms with Crippen LogP contribution in [0.1, 0.15) is 30.0 Å². The van der Waals surface area contributed by atoms with Gasteiger partial charge in [0.25, 0.3) is 0 Å². The predicted molar refractivity (Wildman–Crippen MR) is 86.5 cm³/mol. The monoisotopic (exact) mass is 309 g/mol. The quantitative estimate of drug-likeness (QED) is 0.943. The van der Waals surface area contributed by atoms with E-state index in [1.165, 1.54) is 0 Å². The molecule has 1 N–H and O–H groups in total. The van der Waals surface area contributed by atoms with E-state index in [2.05, 4.69) is 0 Å². The molecule has 4 nitrogen and oxygen atoms in total. The highest BCUT2D eigenvalue weighted by Crippen LogP contribution is 2.37. The van der Waals surface area contributed by atoms with Crippen LogP contribution in [0.5, 0.6) is 0 Å². The summed E-state index contributed by atoms with van der Waals surface area (Å²) in [5.41, 5.74) is 1.89. The molecule has 1 aliphatic rings. The number of carboxylic acid groups (broad SMARTS) is 1. The molecular weight excluding hydrogens is 290 g/mol. The van der Waals surface area contributed by atoms with Crippen molar-refractivity contribution in [2.75, 3.05) is 0 Å². The van der Waals surface area contributed by atoms with Gasteiger partial charge in [-0.1, -0.05) is 60.7 Å². The van der Waals surface area contributed by atoms with Crippen LogP contribution in [0.15, 0.2) is 60.7 Å². The lowest BCUT2D eigenvalue weighted by Crippen LogP contribution is -2.44. The fraction of sp³-hybridized carbons (Fsp3) is 0.263. The molecular formula is C19H19NO3. The van der Waals surface area contributed by atoms with Crippen molar-refractivity contribution in [1.82, 2.24) is 4.90 Å². The van der Waals surface area contributed by atoms with Crippen molar-refractivity contribution < 1.29 is 14.7 Å². The highest BCUT2D eigenvalue weighted by molar-refractivity contribution is 5.81. The number of carbonyl (C=O) groups is 2. The van der Waals surface area contributed by atoms with Gasteiger partial charge in [-0.05, 0) is 17.5 Å². The molecule has 23 heavy (non-hydrogen) atoms. The maximum absolute atomic E-state index is 12.5. The summed E-state index contributed by atoms with van der Waals surface area (Å²) in [7, 11) is 0. The zero-order valence-corrected chi connectivity index (χ0v) is 12.8. The Morgan fingerprint density at radius 1 is 1.04 bits per heavy atom. The zero-order chi connectivity index (χ0) is 16.2. The Labute approximate surface area is 135 Å². The number of amides is 1. The van der Waals surface area contributed by atoms with E-state index in [1.807, 2.05) is 60.7 Å². The first-order valence-corrected chi connectivity index (χ1v) is 7.78. The molecule has 2 aromatic rings. The van der Waals surface area contributed by atoms with Crippen LogP contribution in [0.4, 0.5) is 0 Å². The van der Waals surface area contributed by atoms with E-state index in [0.717, 1.165) is 11.1 Å². The van der Waals surface area contributed by atoms with Gasteiger partial charge in [0.1, 0.15) is 0 Å². The van der Waals surface area contributed by atoms with Gasteiger partial charge in [-0.15, -0.1) is 0 Å². The fourth-order valence-corrected chi connectivity index (χ4v) is 3.24. The Morgan fingerprint density at radius 3 is 2.26 bits per heavy atom. The second-order valence-corrected chi connectivity index (χ2v) is 5.85. The smallest absolute Gasteiger partial charge is 0.308 e. The Bertz CT molecular complexity index is 684. The van der Waals surface area contributed by atoms with Crippen LogP contribution >= 0.6 is 0 Å². The van der Waals surface area contributed by atoms with Crippen molar-refractivity contribution in [2.45, 2.75) is 25.4 Å². The number of hydrogen-bond acceptors (Lipinski definition) is 2. The van der Waals surface area contributed by atoms with E-state index >= 15 is 0 Å². The maximum Gasteiger partial charge on any atom is 0.308 e. The van der Waals surface area contributed by atoms with Crippen molar-refractivity contribution in [2.24, 2.45) is 5.92 Å². The minimum atomic E-state index is -0.843. The minimum absolute atomic E-state index is 0.0141. The van der Waals surface area contributed by atoms with Crippen LogP contribution in [0.25, 0.3) is 0 Å². The number of likely N-dealkylation sites (tertiary alicyclic amines) is 1. The summed E-state index contributed by atoms with van der Waals surface area (Å²) in [5.74, 6) is -1.40. The van der Waals surface area contributed by atoms with E-state index in [0.29, 0.717) is 13.0 Å². The standard InChI is InChI=1S/C19H19NO3/c21-17-12-11-16(19(22)23)18(15-9-5-2-6-10-15)20(17)13-14-7-3-1-4-8-14/h1-10,16,18H,11-13H2,(H,22,23)/t16-,18-/m1/s1. The van der Waals surface area contributed by atoms with Gasteiger partial charge >= 0.3 is 5.97 Å². The van der Waals surface area contributed by atoms with Crippen molar-refractivity contribution in [3.63, 3.8) is 0 Å². The lowest BCUT2D eigenvalue weighted by atomic mass is 9.84. The molecule has 0 unspecified atom stereocenters. The number of rotatable bonds is 4. The summed E-state index contributed by atoms with van der Waals surface area (Å²) in [6.07, 6.45) is 0.673. The number of carbonyl (C=O) groups excluding carboxylic acids is 1. The first-order valence-electron chi connectivity index (χ1n) is 7.78. The van der Waals surface area contributed by atoms with Crippen LogP contribution in [0, 0.1) is 5.92 Å². The third kappa shape index (κ3) is 3.26. The third-order valence-corrected chi connectivity index (χ3v) is 4.36. The van der Waals surface area contributed by atoms with Crippen molar-refractivity contribution in [1.29, 1.82) is 0 Å². The van der Waals surface area contributed by atoms with Gasteiger partial charge in [-0.25, -0.2) is 0 Å². The number of hydrogen-bond donors (Lipinski definition) is 1. The van der Waals surface area contributed by atoms with E-state index in [1.54, 1.807) is 4.90 Å². The molecule has 1 heterocycles. The van der Waals surface area contributed by atoms with Crippen molar-refractivity contribution in [3.8, 4) is 0 Å². The number of carboxylic acids is 1. The topological polar surface area (TPSA) is 57.6 Å². The maximum atomic E-state index is 12.5. The Balaban J connectivity index is 1.97. The van der Waals surface area contributed by atoms with Gasteiger partial charge in [0.15, 0.2) is 0 Å². The average molecular weight is 309 g/mol. The molecule has 2 aromatic carbocycles. The first kappa shape index (κ1) is 15.3. The molecule has 2 atom stereocenters. The second-order valence-electron chi connectivity index (χ2n) is 5.85. The van der Waals surface area contributed by atoms with Gasteiger partial charge in [-0.2, -0.15) is 0 Å². The molecule has 0 spiro atoms. The molecule has 0 aromatic heterocycles. The Kier molecular flexibility index (Phi) is 4.42. The van der Waals surface area contributed by atoms with E-state index in [-0.39, 0.29) is 12.3 Å². The van der Waals surface area contributed by atoms with Crippen LogP contribution in [0.3, 0.4) is 0 Å². The molecule has 118 valence electrons. The normalized spacial score (nSPS) is 21.2. The van der Waals surface area contributed by atoms with Gasteiger partial charge in [-0.3, -0.25) is 9.59 Å². The largest absolute Gasteiger partial charge is 0.481 e. The molecule has 0 bridgehead atoms. The molecule has 1 aliphatic heterocycles. The highest BCUT2D eigenvalue weighted by atomic mass is 16.4. The minimum Gasteiger partial charge on any atom is -0.481 e. The van der Waals surface area contributed by atoms with E-state index in [9.17, 15) is 14.7 Å². The molecule has 0 radical (unpaired) electrons. The molecule has 3 rings (SSSR count). The summed E-state index contributed by atoms with van der Waals surface area (Å²) in [6, 6.07) is 18.7. The molecule has 0 saturated carbocycles. The summed E-state index contributed by atoms with van der Waals surface area (Å²) in [5, 5.41) is 9.60. The van der Waals surface area contributed by atoms with E-state index in [4.69, 9.17) is 0 Å². The second kappa shape index (κ2) is 6.65. The SMILES string of the molecule is O=C(O)[C@@H]1CCC(=O)N(Cc2ccccc2)[C@@H]1c1ccccc1. The zero-order valence-electron chi connectivity index (χ0n) is 12.8. The van der Waals surface area contributed by atoms with E-state index < -0.39 is 17.9 Å². The van der Waals surface area contributed by atoms with Crippen molar-refractivity contribution in [3.05, 3.63) is 71.8 Å². The van der Waals surface area contributed by atoms with Crippen molar-refractivity contribution >= 4 is 11.9 Å². The first-order chi connectivity index (χ1) is 11.2.